The lowest BCUT2D eigenvalue weighted by molar-refractivity contribution is 0.687. The van der Waals surface area contributed by atoms with Crippen molar-refractivity contribution in [3.05, 3.63) is 21.8 Å². The molecule has 5 heteroatoms. The average molecular weight is 256 g/mol. The molecular formula is C11H14ClN3S. The minimum atomic E-state index is 0.607. The summed E-state index contributed by atoms with van der Waals surface area (Å²) in [5.41, 5.74) is 2.08. The van der Waals surface area contributed by atoms with Crippen LogP contribution in [0.5, 0.6) is 0 Å². The Balaban J connectivity index is 2.07. The van der Waals surface area contributed by atoms with Gasteiger partial charge in [0.25, 0.3) is 0 Å². The molecule has 2 aromatic heterocycles. The molecule has 0 aliphatic heterocycles. The SMILES string of the molecule is CC(C)CNc1cc(-c2csc(Cl)c2)[nH]n1. The third-order valence-corrected chi connectivity index (χ3v) is 3.24. The maximum absolute atomic E-state index is 5.89. The molecule has 2 rings (SSSR count). The van der Waals surface area contributed by atoms with E-state index in [1.165, 1.54) is 11.3 Å². The minimum Gasteiger partial charge on any atom is -0.368 e. The summed E-state index contributed by atoms with van der Waals surface area (Å²) in [4.78, 5) is 0. The Bertz CT molecular complexity index is 461. The lowest BCUT2D eigenvalue weighted by Crippen LogP contribution is -2.07. The molecule has 0 atom stereocenters. The van der Waals surface area contributed by atoms with Crippen LogP contribution >= 0.6 is 22.9 Å². The molecule has 0 aliphatic rings. The number of aromatic nitrogens is 2. The highest BCUT2D eigenvalue weighted by molar-refractivity contribution is 7.14. The summed E-state index contributed by atoms with van der Waals surface area (Å²) >= 11 is 7.41. The van der Waals surface area contributed by atoms with Crippen LogP contribution in [0.3, 0.4) is 0 Å². The second kappa shape index (κ2) is 4.89. The van der Waals surface area contributed by atoms with Gasteiger partial charge in [0.05, 0.1) is 10.0 Å². The zero-order valence-corrected chi connectivity index (χ0v) is 10.8. The molecule has 0 bridgehead atoms. The van der Waals surface area contributed by atoms with Gasteiger partial charge in [0.2, 0.25) is 0 Å². The second-order valence-electron chi connectivity index (χ2n) is 4.08. The van der Waals surface area contributed by atoms with Crippen molar-refractivity contribution in [3.8, 4) is 11.3 Å². The summed E-state index contributed by atoms with van der Waals surface area (Å²) in [6.07, 6.45) is 0. The van der Waals surface area contributed by atoms with E-state index in [4.69, 9.17) is 11.6 Å². The van der Waals surface area contributed by atoms with E-state index in [-0.39, 0.29) is 0 Å². The van der Waals surface area contributed by atoms with Gasteiger partial charge in [-0.05, 0) is 12.0 Å². The molecule has 86 valence electrons. The van der Waals surface area contributed by atoms with Crippen LogP contribution in [0.25, 0.3) is 11.3 Å². The van der Waals surface area contributed by atoms with E-state index < -0.39 is 0 Å². The highest BCUT2D eigenvalue weighted by atomic mass is 35.5. The summed E-state index contributed by atoms with van der Waals surface area (Å²) in [6.45, 7) is 5.26. The van der Waals surface area contributed by atoms with Gasteiger partial charge in [-0.2, -0.15) is 5.10 Å². The van der Waals surface area contributed by atoms with Crippen molar-refractivity contribution < 1.29 is 0 Å². The van der Waals surface area contributed by atoms with Gasteiger partial charge in [-0.15, -0.1) is 11.3 Å². The van der Waals surface area contributed by atoms with E-state index >= 15 is 0 Å². The van der Waals surface area contributed by atoms with Crippen LogP contribution in [-0.4, -0.2) is 16.7 Å². The van der Waals surface area contributed by atoms with Crippen LogP contribution in [0.15, 0.2) is 17.5 Å². The Labute approximate surface area is 104 Å². The van der Waals surface area contributed by atoms with Crippen molar-refractivity contribution in [1.82, 2.24) is 10.2 Å². The van der Waals surface area contributed by atoms with Crippen LogP contribution in [0.4, 0.5) is 5.82 Å². The lowest BCUT2D eigenvalue weighted by atomic mass is 10.2. The van der Waals surface area contributed by atoms with E-state index in [0.29, 0.717) is 5.92 Å². The number of hydrogen-bond donors (Lipinski definition) is 2. The standard InChI is InChI=1S/C11H14ClN3S/c1-7(2)5-13-11-4-9(14-15-11)8-3-10(12)16-6-8/h3-4,6-7H,5H2,1-2H3,(H2,13,14,15). The van der Waals surface area contributed by atoms with Crippen molar-refractivity contribution in [1.29, 1.82) is 0 Å². The summed E-state index contributed by atoms with van der Waals surface area (Å²) in [6, 6.07) is 3.94. The molecule has 0 aromatic carbocycles. The number of thiophene rings is 1. The van der Waals surface area contributed by atoms with Gasteiger partial charge in [0.15, 0.2) is 0 Å². The van der Waals surface area contributed by atoms with Crippen LogP contribution in [0.2, 0.25) is 4.34 Å². The van der Waals surface area contributed by atoms with Crippen LogP contribution in [0.1, 0.15) is 13.8 Å². The molecule has 3 nitrogen and oxygen atoms in total. The van der Waals surface area contributed by atoms with E-state index in [1.54, 1.807) is 0 Å². The molecule has 0 saturated heterocycles. The highest BCUT2D eigenvalue weighted by Crippen LogP contribution is 2.28. The molecule has 2 N–H and O–H groups in total. The fourth-order valence-corrected chi connectivity index (χ4v) is 2.20. The summed E-state index contributed by atoms with van der Waals surface area (Å²) in [5, 5.41) is 12.5. The zero-order valence-electron chi connectivity index (χ0n) is 9.25. The number of rotatable bonds is 4. The number of nitrogens with zero attached hydrogens (tertiary/aromatic N) is 1. The molecule has 0 spiro atoms. The molecule has 0 unspecified atom stereocenters. The molecule has 0 aliphatic carbocycles. The quantitative estimate of drug-likeness (QED) is 0.871. The molecule has 0 saturated carbocycles. The third-order valence-electron chi connectivity index (χ3n) is 2.15. The van der Waals surface area contributed by atoms with Gasteiger partial charge in [-0.1, -0.05) is 25.4 Å². The number of H-pyrrole nitrogens is 1. The van der Waals surface area contributed by atoms with Crippen LogP contribution in [0, 0.1) is 5.92 Å². The zero-order chi connectivity index (χ0) is 11.5. The first-order chi connectivity index (χ1) is 7.65. The van der Waals surface area contributed by atoms with Crippen molar-refractivity contribution in [3.63, 3.8) is 0 Å². The van der Waals surface area contributed by atoms with E-state index in [2.05, 4.69) is 29.4 Å². The largest absolute Gasteiger partial charge is 0.368 e. The number of nitrogens with one attached hydrogen (secondary N) is 2. The maximum atomic E-state index is 5.89. The fraction of sp³-hybridized carbons (Fsp3) is 0.364. The first-order valence-electron chi connectivity index (χ1n) is 5.19. The maximum Gasteiger partial charge on any atom is 0.148 e. The predicted molar refractivity (Wildman–Crippen MR) is 70.2 cm³/mol. The highest BCUT2D eigenvalue weighted by Gasteiger charge is 2.05. The van der Waals surface area contributed by atoms with E-state index in [0.717, 1.165) is 28.0 Å². The topological polar surface area (TPSA) is 40.7 Å². The molecule has 2 heterocycles. The van der Waals surface area contributed by atoms with Crippen molar-refractivity contribution in [2.45, 2.75) is 13.8 Å². The molecule has 2 aromatic rings. The van der Waals surface area contributed by atoms with Crippen molar-refractivity contribution in [2.75, 3.05) is 11.9 Å². The molecule has 16 heavy (non-hydrogen) atoms. The first-order valence-corrected chi connectivity index (χ1v) is 6.44. The van der Waals surface area contributed by atoms with E-state index in [1.807, 2.05) is 17.5 Å². The second-order valence-corrected chi connectivity index (χ2v) is 5.62. The minimum absolute atomic E-state index is 0.607. The molecule has 0 fully saturated rings. The molecular weight excluding hydrogens is 242 g/mol. The predicted octanol–water partition coefficient (Wildman–Crippen LogP) is 3.86. The Hall–Kier alpha value is -1.00. The normalized spacial score (nSPS) is 11.0. The van der Waals surface area contributed by atoms with Crippen LogP contribution in [-0.2, 0) is 0 Å². The van der Waals surface area contributed by atoms with Gasteiger partial charge in [0, 0.05) is 23.6 Å². The molecule has 0 amide bonds. The smallest absolute Gasteiger partial charge is 0.148 e. The number of aromatic amines is 1. The Morgan fingerprint density at radius 3 is 2.94 bits per heavy atom. The van der Waals surface area contributed by atoms with Gasteiger partial charge >= 0.3 is 0 Å². The third kappa shape index (κ3) is 2.77. The molecule has 0 radical (unpaired) electrons. The average Bonchev–Trinajstić information content (AvgIpc) is 2.83. The monoisotopic (exact) mass is 255 g/mol. The Kier molecular flexibility index (Phi) is 3.51. The van der Waals surface area contributed by atoms with Crippen LogP contribution < -0.4 is 5.32 Å². The first kappa shape index (κ1) is 11.5. The Morgan fingerprint density at radius 2 is 2.31 bits per heavy atom. The summed E-state index contributed by atoms with van der Waals surface area (Å²) < 4.78 is 0.793. The summed E-state index contributed by atoms with van der Waals surface area (Å²) in [7, 11) is 0. The van der Waals surface area contributed by atoms with Gasteiger partial charge in [-0.3, -0.25) is 5.10 Å². The van der Waals surface area contributed by atoms with Gasteiger partial charge in [-0.25, -0.2) is 0 Å². The van der Waals surface area contributed by atoms with Crippen molar-refractivity contribution in [2.24, 2.45) is 5.92 Å². The number of hydrogen-bond acceptors (Lipinski definition) is 3. The summed E-state index contributed by atoms with van der Waals surface area (Å²) in [5.74, 6) is 1.49. The number of halogens is 1. The van der Waals surface area contributed by atoms with E-state index in [9.17, 15) is 0 Å². The Morgan fingerprint density at radius 1 is 1.50 bits per heavy atom. The van der Waals surface area contributed by atoms with Gasteiger partial charge < -0.3 is 5.32 Å². The van der Waals surface area contributed by atoms with Crippen molar-refractivity contribution >= 4 is 28.8 Å². The number of anilines is 1. The fourth-order valence-electron chi connectivity index (χ4n) is 1.32. The van der Waals surface area contributed by atoms with Gasteiger partial charge in [0.1, 0.15) is 5.82 Å². The lowest BCUT2D eigenvalue weighted by Gasteiger charge is -2.04.